The molecule has 1 atom stereocenters. The van der Waals surface area contributed by atoms with Crippen LogP contribution in [0, 0.1) is 5.92 Å². The Labute approximate surface area is 111 Å². The van der Waals surface area contributed by atoms with Crippen molar-refractivity contribution in [1.82, 2.24) is 10.2 Å². The van der Waals surface area contributed by atoms with Crippen molar-refractivity contribution in [3.63, 3.8) is 0 Å². The van der Waals surface area contributed by atoms with Gasteiger partial charge in [-0.3, -0.25) is 0 Å². The molecular weight excluding hydrogens is 228 g/mol. The molecule has 3 heteroatoms. The number of nitrogens with zero attached hydrogens (tertiary/aromatic N) is 1. The lowest BCUT2D eigenvalue weighted by atomic mass is 10.0. The Morgan fingerprint density at radius 2 is 2.18 bits per heavy atom. The molecule has 0 aromatic carbocycles. The number of nitrogens with one attached hydrogen (secondary N) is 1. The lowest BCUT2D eigenvalue weighted by Gasteiger charge is -2.28. The van der Waals surface area contributed by atoms with Gasteiger partial charge in [-0.15, -0.1) is 0 Å². The lowest BCUT2D eigenvalue weighted by Crippen LogP contribution is -2.41. The van der Waals surface area contributed by atoms with E-state index in [0.29, 0.717) is 4.75 Å². The molecule has 1 N–H and O–H groups in total. The average Bonchev–Trinajstić information content (AvgIpc) is 3.05. The van der Waals surface area contributed by atoms with Crippen molar-refractivity contribution < 1.29 is 0 Å². The van der Waals surface area contributed by atoms with Gasteiger partial charge in [0.15, 0.2) is 0 Å². The fourth-order valence-electron chi connectivity index (χ4n) is 2.92. The van der Waals surface area contributed by atoms with E-state index in [1.54, 1.807) is 0 Å². The largest absolute Gasteiger partial charge is 0.313 e. The van der Waals surface area contributed by atoms with E-state index in [2.05, 4.69) is 42.1 Å². The summed E-state index contributed by atoms with van der Waals surface area (Å²) in [6, 6.07) is 0.718. The van der Waals surface area contributed by atoms with Crippen LogP contribution in [-0.2, 0) is 0 Å². The first-order chi connectivity index (χ1) is 8.13. The molecule has 0 spiro atoms. The summed E-state index contributed by atoms with van der Waals surface area (Å²) >= 11 is 2.09. The predicted molar refractivity (Wildman–Crippen MR) is 77.8 cm³/mol. The van der Waals surface area contributed by atoms with Gasteiger partial charge in [-0.25, -0.2) is 0 Å². The van der Waals surface area contributed by atoms with E-state index in [1.807, 2.05) is 0 Å². The molecule has 17 heavy (non-hydrogen) atoms. The van der Waals surface area contributed by atoms with Crippen LogP contribution >= 0.6 is 11.8 Å². The second-order valence-electron chi connectivity index (χ2n) is 6.26. The van der Waals surface area contributed by atoms with Gasteiger partial charge in [0.1, 0.15) is 0 Å². The highest BCUT2D eigenvalue weighted by atomic mass is 32.2. The Balaban J connectivity index is 1.84. The molecular formula is C14H28N2S. The molecule has 1 unspecified atom stereocenters. The summed E-state index contributed by atoms with van der Waals surface area (Å²) in [6.45, 7) is 9.76. The van der Waals surface area contributed by atoms with Gasteiger partial charge in [0.05, 0.1) is 0 Å². The molecule has 1 aliphatic carbocycles. The minimum atomic E-state index is 0.632. The van der Waals surface area contributed by atoms with E-state index in [0.717, 1.165) is 12.0 Å². The van der Waals surface area contributed by atoms with Gasteiger partial charge in [-0.05, 0) is 50.9 Å². The molecule has 1 aliphatic heterocycles. The van der Waals surface area contributed by atoms with Gasteiger partial charge in [0.2, 0.25) is 0 Å². The molecule has 2 fully saturated rings. The van der Waals surface area contributed by atoms with Gasteiger partial charge in [-0.2, -0.15) is 11.8 Å². The highest BCUT2D eigenvalue weighted by molar-refractivity contribution is 8.00. The Hall–Kier alpha value is 0.270. The molecule has 1 saturated carbocycles. The fourth-order valence-corrected chi connectivity index (χ4v) is 3.74. The summed E-state index contributed by atoms with van der Waals surface area (Å²) in [5, 5.41) is 3.72. The minimum Gasteiger partial charge on any atom is -0.313 e. The molecule has 0 aromatic heterocycles. The molecule has 2 rings (SSSR count). The lowest BCUT2D eigenvalue weighted by molar-refractivity contribution is 0.252. The molecule has 0 radical (unpaired) electrons. The highest BCUT2D eigenvalue weighted by Gasteiger charge is 2.43. The Morgan fingerprint density at radius 3 is 2.76 bits per heavy atom. The highest BCUT2D eigenvalue weighted by Crippen LogP contribution is 2.47. The van der Waals surface area contributed by atoms with Crippen molar-refractivity contribution in [3.05, 3.63) is 0 Å². The molecule has 2 nitrogen and oxygen atoms in total. The van der Waals surface area contributed by atoms with Crippen molar-refractivity contribution >= 4 is 11.8 Å². The summed E-state index contributed by atoms with van der Waals surface area (Å²) in [7, 11) is 0. The number of rotatable bonds is 5. The quantitative estimate of drug-likeness (QED) is 0.814. The van der Waals surface area contributed by atoms with E-state index >= 15 is 0 Å². The molecule has 100 valence electrons. The molecule has 1 saturated heterocycles. The van der Waals surface area contributed by atoms with Crippen LogP contribution in [0.5, 0.6) is 0 Å². The fraction of sp³-hybridized carbons (Fsp3) is 1.00. The first kappa shape index (κ1) is 13.7. The maximum absolute atomic E-state index is 3.72. The normalized spacial score (nSPS) is 29.3. The van der Waals surface area contributed by atoms with Crippen LogP contribution in [0.25, 0.3) is 0 Å². The van der Waals surface area contributed by atoms with Gasteiger partial charge >= 0.3 is 0 Å². The van der Waals surface area contributed by atoms with Crippen LogP contribution in [0.3, 0.4) is 0 Å². The van der Waals surface area contributed by atoms with Crippen molar-refractivity contribution in [2.45, 2.75) is 50.3 Å². The second kappa shape index (κ2) is 5.94. The first-order valence-corrected chi connectivity index (χ1v) is 8.37. The van der Waals surface area contributed by atoms with Crippen LogP contribution < -0.4 is 5.32 Å². The zero-order valence-electron chi connectivity index (χ0n) is 11.7. The molecule has 2 aliphatic rings. The minimum absolute atomic E-state index is 0.632. The zero-order chi connectivity index (χ0) is 12.3. The summed E-state index contributed by atoms with van der Waals surface area (Å²) < 4.78 is 0.632. The topological polar surface area (TPSA) is 15.3 Å². The van der Waals surface area contributed by atoms with Gasteiger partial charge in [-0.1, -0.05) is 13.8 Å². The Morgan fingerprint density at radius 1 is 1.41 bits per heavy atom. The average molecular weight is 256 g/mol. The van der Waals surface area contributed by atoms with E-state index in [1.165, 1.54) is 51.9 Å². The summed E-state index contributed by atoms with van der Waals surface area (Å²) in [4.78, 5) is 2.72. The standard InChI is InChI=1S/C14H28N2S/c1-12(2)9-13-10-16(8-4-7-15-13)11-14(17-3)5-6-14/h12-13,15H,4-11H2,1-3H3. The molecule has 0 amide bonds. The molecule has 0 aromatic rings. The summed E-state index contributed by atoms with van der Waals surface area (Å²) in [5.41, 5.74) is 0. The van der Waals surface area contributed by atoms with E-state index in [4.69, 9.17) is 0 Å². The third-order valence-corrected chi connectivity index (χ3v) is 5.47. The van der Waals surface area contributed by atoms with E-state index in [-0.39, 0.29) is 0 Å². The maximum Gasteiger partial charge on any atom is 0.0285 e. The molecule has 0 bridgehead atoms. The van der Waals surface area contributed by atoms with E-state index < -0.39 is 0 Å². The SMILES string of the molecule is CSC1(CN2CCCNC(CC(C)C)C2)CC1. The van der Waals surface area contributed by atoms with Crippen LogP contribution in [0.4, 0.5) is 0 Å². The van der Waals surface area contributed by atoms with Crippen LogP contribution in [0.15, 0.2) is 0 Å². The number of thioether (sulfide) groups is 1. The summed E-state index contributed by atoms with van der Waals surface area (Å²) in [6.07, 6.45) is 7.80. The van der Waals surface area contributed by atoms with Crippen LogP contribution in [-0.4, -0.2) is 48.1 Å². The van der Waals surface area contributed by atoms with Gasteiger partial charge in [0, 0.05) is 23.9 Å². The van der Waals surface area contributed by atoms with Crippen molar-refractivity contribution in [2.24, 2.45) is 5.92 Å². The third kappa shape index (κ3) is 4.15. The second-order valence-corrected chi connectivity index (χ2v) is 7.53. The van der Waals surface area contributed by atoms with Gasteiger partial charge < -0.3 is 10.2 Å². The summed E-state index contributed by atoms with van der Waals surface area (Å²) in [5.74, 6) is 0.808. The zero-order valence-corrected chi connectivity index (χ0v) is 12.5. The van der Waals surface area contributed by atoms with Crippen LogP contribution in [0.1, 0.15) is 39.5 Å². The molecule has 1 heterocycles. The third-order valence-electron chi connectivity index (χ3n) is 4.07. The number of hydrogen-bond acceptors (Lipinski definition) is 3. The van der Waals surface area contributed by atoms with Gasteiger partial charge in [0.25, 0.3) is 0 Å². The first-order valence-electron chi connectivity index (χ1n) is 7.14. The van der Waals surface area contributed by atoms with Crippen molar-refractivity contribution in [2.75, 3.05) is 32.4 Å². The van der Waals surface area contributed by atoms with E-state index in [9.17, 15) is 0 Å². The smallest absolute Gasteiger partial charge is 0.0285 e. The van der Waals surface area contributed by atoms with Crippen molar-refractivity contribution in [1.29, 1.82) is 0 Å². The Kier molecular flexibility index (Phi) is 4.79. The monoisotopic (exact) mass is 256 g/mol. The number of hydrogen-bond donors (Lipinski definition) is 1. The predicted octanol–water partition coefficient (Wildman–Crippen LogP) is 2.59. The maximum atomic E-state index is 3.72. The van der Waals surface area contributed by atoms with Crippen LogP contribution in [0.2, 0.25) is 0 Å². The van der Waals surface area contributed by atoms with Crippen molar-refractivity contribution in [3.8, 4) is 0 Å². The Bertz CT molecular complexity index is 238.